The minimum atomic E-state index is -0.646. The first-order valence-electron chi connectivity index (χ1n) is 12.8. The first-order valence-corrected chi connectivity index (χ1v) is 12.8. The summed E-state index contributed by atoms with van der Waals surface area (Å²) in [6.45, 7) is 7.23. The third-order valence-corrected chi connectivity index (χ3v) is 8.48. The van der Waals surface area contributed by atoms with Crippen molar-refractivity contribution in [2.24, 2.45) is 17.8 Å². The molecule has 1 aliphatic heterocycles. The molecule has 4 aliphatic rings. The van der Waals surface area contributed by atoms with Gasteiger partial charge in [-0.25, -0.2) is 0 Å². The van der Waals surface area contributed by atoms with Crippen LogP contribution in [0.25, 0.3) is 10.8 Å². The van der Waals surface area contributed by atoms with E-state index in [2.05, 4.69) is 0 Å². The molecule has 1 saturated heterocycles. The Morgan fingerprint density at radius 2 is 1.62 bits per heavy atom. The van der Waals surface area contributed by atoms with E-state index in [0.717, 1.165) is 16.5 Å². The highest BCUT2D eigenvalue weighted by Gasteiger charge is 2.58. The van der Waals surface area contributed by atoms with E-state index in [1.807, 2.05) is 57.2 Å². The summed E-state index contributed by atoms with van der Waals surface area (Å²) < 4.78 is 0. The van der Waals surface area contributed by atoms with Crippen molar-refractivity contribution in [2.45, 2.75) is 52.0 Å². The Balaban J connectivity index is 1.59. The van der Waals surface area contributed by atoms with Gasteiger partial charge in [-0.15, -0.1) is 0 Å². The van der Waals surface area contributed by atoms with E-state index in [-0.39, 0.29) is 41.5 Å². The molecular weight excluding hydrogens is 466 g/mol. The number of benzene rings is 2. The average Bonchev–Trinajstić information content (AvgIpc) is 3.12. The molecule has 0 radical (unpaired) electrons. The fourth-order valence-corrected chi connectivity index (χ4v) is 6.96. The van der Waals surface area contributed by atoms with Crippen molar-refractivity contribution in [3.8, 4) is 5.75 Å². The lowest BCUT2D eigenvalue weighted by atomic mass is 9.59. The van der Waals surface area contributed by atoms with Crippen molar-refractivity contribution >= 4 is 34.2 Å². The monoisotopic (exact) mass is 495 g/mol. The third kappa shape index (κ3) is 3.24. The van der Waals surface area contributed by atoms with Crippen LogP contribution >= 0.6 is 0 Å². The molecule has 3 aliphatic carbocycles. The third-order valence-electron chi connectivity index (χ3n) is 8.48. The summed E-state index contributed by atoms with van der Waals surface area (Å²) in [7, 11) is 0. The van der Waals surface area contributed by atoms with Crippen molar-refractivity contribution in [1.29, 1.82) is 0 Å². The van der Waals surface area contributed by atoms with Crippen molar-refractivity contribution < 1.29 is 24.3 Å². The Bertz CT molecular complexity index is 1530. The van der Waals surface area contributed by atoms with Gasteiger partial charge in [-0.3, -0.25) is 24.1 Å². The molecule has 188 valence electrons. The van der Waals surface area contributed by atoms with E-state index in [9.17, 15) is 24.3 Å². The maximum atomic E-state index is 13.8. The second kappa shape index (κ2) is 7.85. The molecule has 6 nitrogen and oxygen atoms in total. The van der Waals surface area contributed by atoms with Crippen molar-refractivity contribution in [3.63, 3.8) is 0 Å². The lowest BCUT2D eigenvalue weighted by molar-refractivity contribution is -0.145. The van der Waals surface area contributed by atoms with Crippen molar-refractivity contribution in [1.82, 2.24) is 4.90 Å². The van der Waals surface area contributed by atoms with Gasteiger partial charge in [0, 0.05) is 33.6 Å². The Morgan fingerprint density at radius 3 is 2.32 bits per heavy atom. The van der Waals surface area contributed by atoms with Crippen LogP contribution in [-0.2, 0) is 19.2 Å². The van der Waals surface area contributed by atoms with Crippen LogP contribution < -0.4 is 0 Å². The van der Waals surface area contributed by atoms with Gasteiger partial charge in [0.25, 0.3) is 0 Å². The molecular formula is C31H29NO5. The average molecular weight is 496 g/mol. The number of allylic oxidation sites excluding steroid dienone is 6. The van der Waals surface area contributed by atoms with E-state index in [1.165, 1.54) is 11.0 Å². The highest BCUT2D eigenvalue weighted by atomic mass is 16.3. The summed E-state index contributed by atoms with van der Waals surface area (Å²) in [6, 6.07) is 10.9. The number of phenols is 1. The molecule has 1 heterocycles. The quantitative estimate of drug-likeness (QED) is 0.350. The maximum absolute atomic E-state index is 13.8. The van der Waals surface area contributed by atoms with Crippen LogP contribution in [0.3, 0.4) is 0 Å². The molecule has 0 saturated carbocycles. The number of ketones is 2. The van der Waals surface area contributed by atoms with Crippen LogP contribution in [-0.4, -0.2) is 38.9 Å². The van der Waals surface area contributed by atoms with E-state index < -0.39 is 23.3 Å². The van der Waals surface area contributed by atoms with Crippen LogP contribution in [0.4, 0.5) is 0 Å². The Hall–Kier alpha value is -3.80. The Kier molecular flexibility index (Phi) is 5.00. The lowest BCUT2D eigenvalue weighted by Crippen LogP contribution is -2.46. The fourth-order valence-electron chi connectivity index (χ4n) is 6.96. The highest BCUT2D eigenvalue weighted by molar-refractivity contribution is 6.24. The van der Waals surface area contributed by atoms with Gasteiger partial charge in [0.1, 0.15) is 5.75 Å². The molecule has 0 aromatic heterocycles. The first-order chi connectivity index (χ1) is 17.5. The van der Waals surface area contributed by atoms with Crippen LogP contribution in [0.15, 0.2) is 70.8 Å². The number of hydrogen-bond donors (Lipinski definition) is 1. The van der Waals surface area contributed by atoms with Gasteiger partial charge >= 0.3 is 0 Å². The highest BCUT2D eigenvalue weighted by Crippen LogP contribution is 2.56. The summed E-state index contributed by atoms with van der Waals surface area (Å²) in [5.41, 5.74) is 2.38. The van der Waals surface area contributed by atoms with E-state index in [1.54, 1.807) is 13.0 Å². The molecule has 1 fully saturated rings. The zero-order chi connectivity index (χ0) is 26.4. The molecule has 6 heteroatoms. The predicted molar refractivity (Wildman–Crippen MR) is 139 cm³/mol. The second-order valence-electron chi connectivity index (χ2n) is 11.6. The molecule has 37 heavy (non-hydrogen) atoms. The van der Waals surface area contributed by atoms with Crippen LogP contribution in [0.5, 0.6) is 5.75 Å². The Labute approximate surface area is 215 Å². The van der Waals surface area contributed by atoms with Crippen molar-refractivity contribution in [2.75, 3.05) is 0 Å². The molecule has 4 atom stereocenters. The second-order valence-corrected chi connectivity index (χ2v) is 11.6. The topological polar surface area (TPSA) is 91.8 Å². The number of likely N-dealkylation sites (tertiary alicyclic amines) is 1. The number of Topliss-reactive ketones (excluding diaryl/α,β-unsaturated/α-hetero) is 1. The van der Waals surface area contributed by atoms with Gasteiger partial charge in [-0.1, -0.05) is 42.0 Å². The number of carbonyl (C=O) groups is 4. The standard InChI is InChI=1S/C31H29NO5/c1-15-13-24(34)27-22(28(15)35)14-21-19(9-10-20-26(21)30(37)32(29(20)36)31(2,3)4)25(27)18-11-12-23(33)17-8-6-5-7-16(17)18/h5-9,11-13,20-21,25-26,33H,10,14H2,1-4H3. The van der Waals surface area contributed by atoms with Crippen LogP contribution in [0, 0.1) is 17.8 Å². The van der Waals surface area contributed by atoms with Gasteiger partial charge in [0.15, 0.2) is 11.6 Å². The summed E-state index contributed by atoms with van der Waals surface area (Å²) in [5, 5.41) is 12.0. The molecule has 2 aromatic rings. The zero-order valence-electron chi connectivity index (χ0n) is 21.4. The number of phenolic OH excluding ortho intramolecular Hbond substituents is 1. The van der Waals surface area contributed by atoms with E-state index in [4.69, 9.17) is 0 Å². The molecule has 0 spiro atoms. The summed E-state index contributed by atoms with van der Waals surface area (Å²) in [5.74, 6) is -2.52. The summed E-state index contributed by atoms with van der Waals surface area (Å²) >= 11 is 0. The van der Waals surface area contributed by atoms with Gasteiger partial charge < -0.3 is 5.11 Å². The minimum Gasteiger partial charge on any atom is -0.507 e. The summed E-state index contributed by atoms with van der Waals surface area (Å²) in [6.07, 6.45) is 4.12. The number of rotatable bonds is 1. The van der Waals surface area contributed by atoms with Gasteiger partial charge in [0.05, 0.1) is 11.8 Å². The van der Waals surface area contributed by atoms with Crippen molar-refractivity contribution in [3.05, 3.63) is 76.4 Å². The van der Waals surface area contributed by atoms with Crippen LogP contribution in [0.2, 0.25) is 0 Å². The molecule has 2 aromatic carbocycles. The number of aromatic hydroxyl groups is 1. The van der Waals surface area contributed by atoms with Gasteiger partial charge in [-0.05, 0) is 69.5 Å². The number of amides is 2. The molecule has 4 unspecified atom stereocenters. The van der Waals surface area contributed by atoms with E-state index >= 15 is 0 Å². The van der Waals surface area contributed by atoms with Crippen LogP contribution in [0.1, 0.15) is 52.0 Å². The number of hydrogen-bond acceptors (Lipinski definition) is 5. The largest absolute Gasteiger partial charge is 0.507 e. The first kappa shape index (κ1) is 23.6. The number of nitrogens with zero attached hydrogens (tertiary/aromatic N) is 1. The summed E-state index contributed by atoms with van der Waals surface area (Å²) in [4.78, 5) is 55.5. The molecule has 6 rings (SSSR count). The molecule has 1 N–H and O–H groups in total. The predicted octanol–water partition coefficient (Wildman–Crippen LogP) is 4.77. The van der Waals surface area contributed by atoms with Gasteiger partial charge in [0.2, 0.25) is 11.8 Å². The van der Waals surface area contributed by atoms with Gasteiger partial charge in [-0.2, -0.15) is 0 Å². The minimum absolute atomic E-state index is 0.137. The SMILES string of the molecule is CC1=CC(=O)C2=C(CC3C(=CCC4C(=O)N(C(C)(C)C)C(=O)C43)C2c2ccc(O)c3ccccc23)C1=O. The lowest BCUT2D eigenvalue weighted by Gasteiger charge is -2.42. The smallest absolute Gasteiger partial charge is 0.234 e. The zero-order valence-corrected chi connectivity index (χ0v) is 21.4. The molecule has 2 amide bonds. The maximum Gasteiger partial charge on any atom is 0.234 e. The number of imide groups is 1. The fraction of sp³-hybridized carbons (Fsp3) is 0.355. The van der Waals surface area contributed by atoms with E-state index in [0.29, 0.717) is 28.5 Å². The Morgan fingerprint density at radius 1 is 0.919 bits per heavy atom. The number of fused-ring (bicyclic) bond motifs is 4. The number of carbonyl (C=O) groups excluding carboxylic acids is 4. The normalized spacial score (nSPS) is 27.7. The molecule has 0 bridgehead atoms.